The van der Waals surface area contributed by atoms with E-state index in [1.807, 2.05) is 25.7 Å². The Hall–Kier alpha value is -0.610. The standard InChI is InChI=1S/C10H21NO3/c1-4-14-7-5-6-11(9(2)3)8-10(12)13/h9H,4-8H2,1-3H3,(H,12,13). The Labute approximate surface area is 85.9 Å². The van der Waals surface area contributed by atoms with Gasteiger partial charge in [0, 0.05) is 25.8 Å². The maximum atomic E-state index is 10.5. The minimum atomic E-state index is -0.768. The van der Waals surface area contributed by atoms with Crippen molar-refractivity contribution in [3.8, 4) is 0 Å². The monoisotopic (exact) mass is 203 g/mol. The summed E-state index contributed by atoms with van der Waals surface area (Å²) in [5.74, 6) is -0.768. The second-order valence-corrected chi connectivity index (χ2v) is 3.51. The van der Waals surface area contributed by atoms with Gasteiger partial charge in [0.2, 0.25) is 0 Å². The van der Waals surface area contributed by atoms with Crippen molar-refractivity contribution in [3.05, 3.63) is 0 Å². The molecule has 0 aliphatic heterocycles. The smallest absolute Gasteiger partial charge is 0.317 e. The number of carboxylic acid groups (broad SMARTS) is 1. The van der Waals surface area contributed by atoms with Crippen LogP contribution in [-0.4, -0.2) is 48.3 Å². The number of nitrogens with zero attached hydrogens (tertiary/aromatic N) is 1. The first kappa shape index (κ1) is 13.4. The predicted molar refractivity (Wildman–Crippen MR) is 55.5 cm³/mol. The zero-order valence-corrected chi connectivity index (χ0v) is 9.32. The first-order valence-corrected chi connectivity index (χ1v) is 5.11. The van der Waals surface area contributed by atoms with Crippen molar-refractivity contribution < 1.29 is 14.6 Å². The normalized spacial score (nSPS) is 11.2. The Balaban J connectivity index is 3.68. The molecule has 0 aromatic rings. The highest BCUT2D eigenvalue weighted by molar-refractivity contribution is 5.69. The van der Waals surface area contributed by atoms with E-state index < -0.39 is 5.97 Å². The molecule has 0 aliphatic rings. The van der Waals surface area contributed by atoms with E-state index in [0.29, 0.717) is 6.61 Å². The van der Waals surface area contributed by atoms with E-state index >= 15 is 0 Å². The minimum Gasteiger partial charge on any atom is -0.480 e. The summed E-state index contributed by atoms with van der Waals surface area (Å²) >= 11 is 0. The van der Waals surface area contributed by atoms with E-state index in [4.69, 9.17) is 9.84 Å². The van der Waals surface area contributed by atoms with E-state index in [1.54, 1.807) is 0 Å². The van der Waals surface area contributed by atoms with Crippen LogP contribution in [0, 0.1) is 0 Å². The van der Waals surface area contributed by atoms with Gasteiger partial charge in [-0.1, -0.05) is 0 Å². The van der Waals surface area contributed by atoms with Crippen LogP contribution in [-0.2, 0) is 9.53 Å². The van der Waals surface area contributed by atoms with E-state index in [2.05, 4.69) is 0 Å². The molecule has 1 N–H and O–H groups in total. The molecule has 0 aliphatic carbocycles. The molecule has 0 aromatic heterocycles. The zero-order valence-electron chi connectivity index (χ0n) is 9.32. The van der Waals surface area contributed by atoms with Crippen molar-refractivity contribution in [1.29, 1.82) is 0 Å². The fraction of sp³-hybridized carbons (Fsp3) is 0.900. The molecule has 0 spiro atoms. The molecule has 14 heavy (non-hydrogen) atoms. The van der Waals surface area contributed by atoms with Crippen LogP contribution in [0.4, 0.5) is 0 Å². The first-order chi connectivity index (χ1) is 6.57. The van der Waals surface area contributed by atoms with Gasteiger partial charge in [0.25, 0.3) is 0 Å². The second kappa shape index (κ2) is 7.76. The highest BCUT2D eigenvalue weighted by atomic mass is 16.5. The lowest BCUT2D eigenvalue weighted by molar-refractivity contribution is -0.138. The van der Waals surface area contributed by atoms with Crippen molar-refractivity contribution in [2.75, 3.05) is 26.3 Å². The molecule has 4 heteroatoms. The summed E-state index contributed by atoms with van der Waals surface area (Å²) in [4.78, 5) is 12.5. The van der Waals surface area contributed by atoms with Crippen LogP contribution >= 0.6 is 0 Å². The van der Waals surface area contributed by atoms with Gasteiger partial charge in [-0.15, -0.1) is 0 Å². The van der Waals surface area contributed by atoms with Crippen LogP contribution in [0.15, 0.2) is 0 Å². The van der Waals surface area contributed by atoms with Crippen molar-refractivity contribution in [2.45, 2.75) is 33.2 Å². The average molecular weight is 203 g/mol. The predicted octanol–water partition coefficient (Wildman–Crippen LogP) is 1.21. The minimum absolute atomic E-state index is 0.115. The molecule has 0 fully saturated rings. The highest BCUT2D eigenvalue weighted by Crippen LogP contribution is 1.99. The Kier molecular flexibility index (Phi) is 7.42. The van der Waals surface area contributed by atoms with Crippen LogP contribution in [0.3, 0.4) is 0 Å². The van der Waals surface area contributed by atoms with Gasteiger partial charge in [0.15, 0.2) is 0 Å². The summed E-state index contributed by atoms with van der Waals surface area (Å²) < 4.78 is 5.19. The number of hydrogen-bond acceptors (Lipinski definition) is 3. The third-order valence-electron chi connectivity index (χ3n) is 2.01. The quantitative estimate of drug-likeness (QED) is 0.602. The van der Waals surface area contributed by atoms with Gasteiger partial charge in [-0.2, -0.15) is 0 Å². The van der Waals surface area contributed by atoms with Gasteiger partial charge in [0.1, 0.15) is 0 Å². The molecule has 0 amide bonds. The SMILES string of the molecule is CCOCCCN(CC(=O)O)C(C)C. The van der Waals surface area contributed by atoms with Gasteiger partial charge in [-0.05, 0) is 27.2 Å². The molecule has 0 saturated heterocycles. The van der Waals surface area contributed by atoms with E-state index in [0.717, 1.165) is 19.6 Å². The maximum absolute atomic E-state index is 10.5. The van der Waals surface area contributed by atoms with Crippen LogP contribution in [0.2, 0.25) is 0 Å². The van der Waals surface area contributed by atoms with Gasteiger partial charge in [-0.25, -0.2) is 0 Å². The average Bonchev–Trinajstić information content (AvgIpc) is 2.09. The van der Waals surface area contributed by atoms with Crippen LogP contribution < -0.4 is 0 Å². The van der Waals surface area contributed by atoms with Gasteiger partial charge in [0.05, 0.1) is 6.54 Å². The molecule has 0 aromatic carbocycles. The number of aliphatic carboxylic acids is 1. The highest BCUT2D eigenvalue weighted by Gasteiger charge is 2.12. The molecule has 0 unspecified atom stereocenters. The van der Waals surface area contributed by atoms with Crippen molar-refractivity contribution in [3.63, 3.8) is 0 Å². The van der Waals surface area contributed by atoms with Crippen molar-refractivity contribution in [2.24, 2.45) is 0 Å². The van der Waals surface area contributed by atoms with E-state index in [1.165, 1.54) is 0 Å². The summed E-state index contributed by atoms with van der Waals surface area (Å²) in [6, 6.07) is 0.271. The van der Waals surface area contributed by atoms with Gasteiger partial charge >= 0.3 is 5.97 Å². The number of rotatable bonds is 8. The van der Waals surface area contributed by atoms with Crippen LogP contribution in [0.25, 0.3) is 0 Å². The molecule has 0 atom stereocenters. The molecular weight excluding hydrogens is 182 g/mol. The number of hydrogen-bond donors (Lipinski definition) is 1. The van der Waals surface area contributed by atoms with E-state index in [9.17, 15) is 4.79 Å². The lowest BCUT2D eigenvalue weighted by atomic mass is 10.3. The molecule has 84 valence electrons. The Bertz CT molecular complexity index is 159. The molecule has 0 saturated carbocycles. The number of carbonyl (C=O) groups is 1. The zero-order chi connectivity index (χ0) is 11.0. The first-order valence-electron chi connectivity index (χ1n) is 5.11. The molecule has 0 bridgehead atoms. The summed E-state index contributed by atoms with van der Waals surface area (Å²) in [5, 5.41) is 8.66. The third-order valence-corrected chi connectivity index (χ3v) is 2.01. The Morgan fingerprint density at radius 3 is 2.57 bits per heavy atom. The second-order valence-electron chi connectivity index (χ2n) is 3.51. The number of carboxylic acids is 1. The van der Waals surface area contributed by atoms with Crippen LogP contribution in [0.5, 0.6) is 0 Å². The lowest BCUT2D eigenvalue weighted by Crippen LogP contribution is -2.36. The maximum Gasteiger partial charge on any atom is 0.317 e. The summed E-state index contributed by atoms with van der Waals surface area (Å²) in [6.45, 7) is 8.29. The molecule has 0 radical (unpaired) electrons. The third kappa shape index (κ3) is 6.86. The molecule has 0 heterocycles. The lowest BCUT2D eigenvalue weighted by Gasteiger charge is -2.24. The largest absolute Gasteiger partial charge is 0.480 e. The molecular formula is C10H21NO3. The van der Waals surface area contributed by atoms with Crippen molar-refractivity contribution in [1.82, 2.24) is 4.90 Å². The van der Waals surface area contributed by atoms with Gasteiger partial charge in [-0.3, -0.25) is 9.69 Å². The van der Waals surface area contributed by atoms with Crippen molar-refractivity contribution >= 4 is 5.97 Å². The fourth-order valence-corrected chi connectivity index (χ4v) is 1.21. The Morgan fingerprint density at radius 2 is 2.14 bits per heavy atom. The summed E-state index contributed by atoms with van der Waals surface area (Å²) in [7, 11) is 0. The fourth-order valence-electron chi connectivity index (χ4n) is 1.21. The summed E-state index contributed by atoms with van der Waals surface area (Å²) in [5.41, 5.74) is 0. The Morgan fingerprint density at radius 1 is 1.50 bits per heavy atom. The van der Waals surface area contributed by atoms with Gasteiger partial charge < -0.3 is 9.84 Å². The van der Waals surface area contributed by atoms with E-state index in [-0.39, 0.29) is 12.6 Å². The summed E-state index contributed by atoms with van der Waals surface area (Å²) in [6.07, 6.45) is 0.888. The molecule has 4 nitrogen and oxygen atoms in total. The molecule has 0 rings (SSSR count). The topological polar surface area (TPSA) is 49.8 Å². The van der Waals surface area contributed by atoms with Crippen LogP contribution in [0.1, 0.15) is 27.2 Å². The number of ether oxygens (including phenoxy) is 1.